The van der Waals surface area contributed by atoms with Crippen LogP contribution in [0.2, 0.25) is 5.02 Å². The molecule has 1 fully saturated rings. The number of nitrogens with zero attached hydrogens (tertiary/aromatic N) is 4. The first-order valence-corrected chi connectivity index (χ1v) is 11.7. The largest absolute Gasteiger partial charge is 0.488 e. The Morgan fingerprint density at radius 3 is 2.74 bits per heavy atom. The van der Waals surface area contributed by atoms with Gasteiger partial charge in [-0.15, -0.1) is 0 Å². The van der Waals surface area contributed by atoms with E-state index in [-0.39, 0.29) is 43.0 Å². The summed E-state index contributed by atoms with van der Waals surface area (Å²) in [6, 6.07) is 3.96. The van der Waals surface area contributed by atoms with Gasteiger partial charge in [-0.05, 0) is 38.8 Å². The van der Waals surface area contributed by atoms with Crippen LogP contribution in [0.4, 0.5) is 4.39 Å². The summed E-state index contributed by atoms with van der Waals surface area (Å²) in [5.41, 5.74) is 9.03. The Morgan fingerprint density at radius 2 is 2.03 bits per heavy atom. The van der Waals surface area contributed by atoms with Crippen molar-refractivity contribution in [2.24, 2.45) is 5.73 Å². The van der Waals surface area contributed by atoms with E-state index >= 15 is 0 Å². The molecule has 1 atom stereocenters. The molecule has 4 rings (SSSR count). The Bertz CT molecular complexity index is 1100. The summed E-state index contributed by atoms with van der Waals surface area (Å²) in [5, 5.41) is 9.54. The van der Waals surface area contributed by atoms with E-state index in [1.165, 1.54) is 18.2 Å². The van der Waals surface area contributed by atoms with E-state index < -0.39 is 5.82 Å². The minimum absolute atomic E-state index is 0.139. The lowest BCUT2D eigenvalue weighted by Gasteiger charge is -2.21. The van der Waals surface area contributed by atoms with Crippen molar-refractivity contribution in [2.45, 2.75) is 32.8 Å². The van der Waals surface area contributed by atoms with Gasteiger partial charge in [-0.3, -0.25) is 9.69 Å². The fraction of sp³-hybridized carbons (Fsp3) is 0.458. The van der Waals surface area contributed by atoms with Crippen LogP contribution in [0.5, 0.6) is 5.75 Å². The van der Waals surface area contributed by atoms with Crippen LogP contribution in [0.3, 0.4) is 0 Å². The van der Waals surface area contributed by atoms with Crippen LogP contribution >= 0.6 is 11.6 Å². The Kier molecular flexibility index (Phi) is 7.35. The second kappa shape index (κ2) is 10.2. The van der Waals surface area contributed by atoms with Crippen LogP contribution in [0.1, 0.15) is 40.4 Å². The van der Waals surface area contributed by atoms with Crippen LogP contribution in [-0.4, -0.2) is 76.2 Å². The number of aryl methyl sites for hydroxylation is 2. The van der Waals surface area contributed by atoms with E-state index in [0.29, 0.717) is 46.5 Å². The molecule has 2 aliphatic rings. The van der Waals surface area contributed by atoms with Gasteiger partial charge in [0.25, 0.3) is 5.91 Å². The van der Waals surface area contributed by atoms with Crippen molar-refractivity contribution in [3.05, 3.63) is 57.5 Å². The summed E-state index contributed by atoms with van der Waals surface area (Å²) in [4.78, 5) is 26.1. The number of hydrogen-bond acceptors (Lipinski definition) is 7. The number of hydrogen-bond donors (Lipinski definition) is 2. The third-order valence-electron chi connectivity index (χ3n) is 6.17. The number of nitrogens with two attached hydrogens (primary N) is 1. The molecule has 10 heteroatoms. The number of aliphatic hydroxyl groups is 1. The highest BCUT2D eigenvalue weighted by Gasteiger charge is 2.31. The number of carbonyl (C=O) groups is 1. The molecule has 2 aliphatic heterocycles. The quantitative estimate of drug-likeness (QED) is 0.615. The van der Waals surface area contributed by atoms with Crippen LogP contribution in [0.25, 0.3) is 5.57 Å². The molecular formula is C24H29ClFN5O3. The topological polar surface area (TPSA) is 105 Å². The molecule has 8 nitrogen and oxygen atoms in total. The predicted octanol–water partition coefficient (Wildman–Crippen LogP) is 2.55. The molecule has 1 aromatic heterocycles. The second-order valence-corrected chi connectivity index (χ2v) is 9.12. The molecule has 3 heterocycles. The Balaban J connectivity index is 1.50. The molecule has 0 radical (unpaired) electrons. The van der Waals surface area contributed by atoms with Crippen molar-refractivity contribution in [3.63, 3.8) is 0 Å². The molecule has 34 heavy (non-hydrogen) atoms. The maximum absolute atomic E-state index is 14.1. The summed E-state index contributed by atoms with van der Waals surface area (Å²) in [6.45, 7) is 6.46. The molecule has 1 saturated heterocycles. The summed E-state index contributed by atoms with van der Waals surface area (Å²) in [5.74, 6) is -0.0930. The first-order chi connectivity index (χ1) is 16.3. The first-order valence-electron chi connectivity index (χ1n) is 11.3. The maximum Gasteiger partial charge on any atom is 0.258 e. The van der Waals surface area contributed by atoms with E-state index in [2.05, 4.69) is 14.9 Å². The van der Waals surface area contributed by atoms with Gasteiger partial charge >= 0.3 is 0 Å². The van der Waals surface area contributed by atoms with Gasteiger partial charge in [0.2, 0.25) is 0 Å². The fourth-order valence-electron chi connectivity index (χ4n) is 4.36. The molecular weight excluding hydrogens is 461 g/mol. The summed E-state index contributed by atoms with van der Waals surface area (Å²) >= 11 is 6.19. The standard InChI is InChI=1S/C24H29ClFN5O3/c1-14-22(25)15(2)29-23(28-14)19-12-31(13-20(19)27)24(33)18-5-4-16(26)10-21(18)34-17-6-8-30(11-17)7-3-9-32/h4-5,10,17,32H,3,6-9,11-13,27H2,1-2H3. The van der Waals surface area contributed by atoms with E-state index in [1.54, 1.807) is 18.7 Å². The minimum atomic E-state index is -0.470. The van der Waals surface area contributed by atoms with Gasteiger partial charge in [-0.2, -0.15) is 0 Å². The predicted molar refractivity (Wildman–Crippen MR) is 127 cm³/mol. The number of ether oxygens (including phenoxy) is 1. The van der Waals surface area contributed by atoms with Gasteiger partial charge in [0.1, 0.15) is 17.7 Å². The van der Waals surface area contributed by atoms with Crippen molar-refractivity contribution >= 4 is 23.1 Å². The van der Waals surface area contributed by atoms with Crippen molar-refractivity contribution in [2.75, 3.05) is 39.3 Å². The molecule has 1 amide bonds. The highest BCUT2D eigenvalue weighted by atomic mass is 35.5. The summed E-state index contributed by atoms with van der Waals surface area (Å²) in [7, 11) is 0. The average Bonchev–Trinajstić information content (AvgIpc) is 3.41. The Morgan fingerprint density at radius 1 is 1.29 bits per heavy atom. The molecule has 1 aromatic carbocycles. The van der Waals surface area contributed by atoms with Crippen molar-refractivity contribution < 1.29 is 19.0 Å². The maximum atomic E-state index is 14.1. The molecule has 1 unspecified atom stereocenters. The number of halogens is 2. The molecule has 0 bridgehead atoms. The average molecular weight is 490 g/mol. The van der Waals surface area contributed by atoms with Crippen molar-refractivity contribution in [3.8, 4) is 5.75 Å². The minimum Gasteiger partial charge on any atom is -0.488 e. The van der Waals surface area contributed by atoms with Gasteiger partial charge in [0, 0.05) is 43.6 Å². The molecule has 2 aromatic rings. The highest BCUT2D eigenvalue weighted by Crippen LogP contribution is 2.30. The lowest BCUT2D eigenvalue weighted by Crippen LogP contribution is -2.31. The first kappa shape index (κ1) is 24.4. The van der Waals surface area contributed by atoms with Gasteiger partial charge < -0.3 is 20.5 Å². The van der Waals surface area contributed by atoms with Gasteiger partial charge in [0.05, 0.1) is 35.1 Å². The van der Waals surface area contributed by atoms with Gasteiger partial charge in [-0.1, -0.05) is 11.6 Å². The number of aromatic nitrogens is 2. The molecule has 182 valence electrons. The monoisotopic (exact) mass is 489 g/mol. The summed E-state index contributed by atoms with van der Waals surface area (Å²) in [6.07, 6.45) is 1.31. The number of benzene rings is 1. The second-order valence-electron chi connectivity index (χ2n) is 8.74. The zero-order valence-electron chi connectivity index (χ0n) is 19.4. The zero-order chi connectivity index (χ0) is 24.4. The van der Waals surface area contributed by atoms with Crippen molar-refractivity contribution in [1.82, 2.24) is 19.8 Å². The van der Waals surface area contributed by atoms with Crippen LogP contribution in [0, 0.1) is 19.7 Å². The highest BCUT2D eigenvalue weighted by molar-refractivity contribution is 6.31. The zero-order valence-corrected chi connectivity index (χ0v) is 20.1. The van der Waals surface area contributed by atoms with Gasteiger partial charge in [0.15, 0.2) is 5.82 Å². The lowest BCUT2D eigenvalue weighted by atomic mass is 10.1. The SMILES string of the molecule is Cc1nc(C2=C(N)CN(C(=O)c3ccc(F)cc3OC3CCN(CCCO)C3)C2)nc(C)c1Cl. The molecule has 0 spiro atoms. The number of aliphatic hydroxyl groups excluding tert-OH is 1. The number of likely N-dealkylation sites (tertiary alicyclic amines) is 1. The Labute approximate surface area is 203 Å². The molecule has 0 saturated carbocycles. The van der Waals surface area contributed by atoms with Gasteiger partial charge in [-0.25, -0.2) is 14.4 Å². The van der Waals surface area contributed by atoms with E-state index in [4.69, 9.17) is 27.2 Å². The van der Waals surface area contributed by atoms with Crippen LogP contribution in [-0.2, 0) is 0 Å². The van der Waals surface area contributed by atoms with E-state index in [9.17, 15) is 9.18 Å². The third-order valence-corrected chi connectivity index (χ3v) is 6.71. The van der Waals surface area contributed by atoms with Crippen LogP contribution < -0.4 is 10.5 Å². The van der Waals surface area contributed by atoms with Crippen molar-refractivity contribution in [1.29, 1.82) is 0 Å². The number of amides is 1. The number of rotatable bonds is 7. The van der Waals surface area contributed by atoms with Crippen LogP contribution in [0.15, 0.2) is 23.9 Å². The normalized spacial score (nSPS) is 18.7. The molecule has 3 N–H and O–H groups in total. The van der Waals surface area contributed by atoms with E-state index in [0.717, 1.165) is 19.5 Å². The summed E-state index contributed by atoms with van der Waals surface area (Å²) < 4.78 is 20.1. The smallest absolute Gasteiger partial charge is 0.258 e. The number of carbonyl (C=O) groups excluding carboxylic acids is 1. The molecule has 0 aliphatic carbocycles. The lowest BCUT2D eigenvalue weighted by molar-refractivity contribution is 0.0791. The fourth-order valence-corrected chi connectivity index (χ4v) is 4.44. The Hall–Kier alpha value is -2.75. The van der Waals surface area contributed by atoms with E-state index in [1.807, 2.05) is 0 Å². The third kappa shape index (κ3) is 5.16.